The minimum absolute atomic E-state index is 0.0174. The molecule has 0 amide bonds. The molecule has 12 nitrogen and oxygen atoms in total. The van der Waals surface area contributed by atoms with Crippen molar-refractivity contribution >= 4 is 23.5 Å². The van der Waals surface area contributed by atoms with Crippen LogP contribution in [0.15, 0.2) is 146 Å². The highest BCUT2D eigenvalue weighted by Crippen LogP contribution is 2.32. The Balaban J connectivity index is 0.000000225. The van der Waals surface area contributed by atoms with Gasteiger partial charge in [0.1, 0.15) is 48.0 Å². The fourth-order valence-electron chi connectivity index (χ4n) is 5.80. The Morgan fingerprint density at radius 3 is 1.71 bits per heavy atom. The largest absolute Gasteiger partial charge is 0.573 e. The summed E-state index contributed by atoms with van der Waals surface area (Å²) in [5.41, 5.74) is 6.60. The average Bonchev–Trinajstić information content (AvgIpc) is 3.76. The maximum Gasteiger partial charge on any atom is 0.573 e. The van der Waals surface area contributed by atoms with Crippen molar-refractivity contribution in [3.63, 3.8) is 0 Å². The number of nitrogens with zero attached hydrogens (tertiary/aromatic N) is 3. The van der Waals surface area contributed by atoms with E-state index in [1.54, 1.807) is 66.9 Å². The molecule has 5 aromatic carbocycles. The number of aromatic nitrogens is 3. The summed E-state index contributed by atoms with van der Waals surface area (Å²) in [5.74, 6) is -9.27. The second-order valence-corrected chi connectivity index (χ2v) is 14.1. The third-order valence-corrected chi connectivity index (χ3v) is 8.77. The molecule has 0 aliphatic carbocycles. The van der Waals surface area contributed by atoms with E-state index in [4.69, 9.17) is 15.2 Å². The van der Waals surface area contributed by atoms with Crippen molar-refractivity contribution in [2.75, 3.05) is 0 Å². The average molecular weight is 985 g/mol. The van der Waals surface area contributed by atoms with Gasteiger partial charge in [0.05, 0.1) is 24.0 Å². The van der Waals surface area contributed by atoms with E-state index in [9.17, 15) is 63.1 Å². The number of Topliss-reactive ketones (excluding diaryl/α,β-unsaturated/α-hetero) is 2. The molecule has 2 aromatic heterocycles. The van der Waals surface area contributed by atoms with Gasteiger partial charge in [0, 0.05) is 36.0 Å². The van der Waals surface area contributed by atoms with E-state index in [2.05, 4.69) is 19.6 Å². The van der Waals surface area contributed by atoms with Gasteiger partial charge in [0.2, 0.25) is 5.78 Å². The van der Waals surface area contributed by atoms with Gasteiger partial charge < -0.3 is 24.7 Å². The van der Waals surface area contributed by atoms with E-state index in [0.29, 0.717) is 36.4 Å². The summed E-state index contributed by atoms with van der Waals surface area (Å²) in [6.07, 6.45) is -8.41. The maximum atomic E-state index is 14.1. The predicted molar refractivity (Wildman–Crippen MR) is 227 cm³/mol. The fourth-order valence-corrected chi connectivity index (χ4v) is 5.80. The first-order chi connectivity index (χ1) is 33.1. The highest BCUT2D eigenvalue weighted by molar-refractivity contribution is 6.38. The SMILES string of the molecule is NCc1cncc(F)c1.O=C(CC(=O)c1cc(F)cc(OC(F)(F)F)c1)C(=O)OCc1ccccc1.O=C(OCc1ccccc1)c1cc(-c2cc(F)cc(OC(F)(F)F)c2)n(-c2cccc(F)c2)n1. The zero-order chi connectivity index (χ0) is 51.0. The molecule has 0 aliphatic rings. The third kappa shape index (κ3) is 17.0. The zero-order valence-electron chi connectivity index (χ0n) is 35.6. The number of halogens is 10. The molecule has 0 saturated heterocycles. The van der Waals surface area contributed by atoms with Crippen LogP contribution in [0.2, 0.25) is 0 Å². The van der Waals surface area contributed by atoms with Crippen LogP contribution in [-0.4, -0.2) is 51.0 Å². The third-order valence-electron chi connectivity index (χ3n) is 8.77. The minimum Gasteiger partial charge on any atom is -0.456 e. The number of benzene rings is 5. The highest BCUT2D eigenvalue weighted by atomic mass is 19.4. The number of hydrogen-bond donors (Lipinski definition) is 1. The Morgan fingerprint density at radius 1 is 0.571 bits per heavy atom. The molecular formula is C48H34F10N4O8. The second kappa shape index (κ2) is 24.1. The number of alkyl halides is 6. The Labute approximate surface area is 389 Å². The lowest BCUT2D eigenvalue weighted by Crippen LogP contribution is -2.21. The van der Waals surface area contributed by atoms with Gasteiger partial charge >= 0.3 is 24.7 Å². The second-order valence-electron chi connectivity index (χ2n) is 14.1. The molecule has 22 heteroatoms. The number of rotatable bonds is 14. The number of esters is 2. The van der Waals surface area contributed by atoms with Gasteiger partial charge in [-0.3, -0.25) is 14.6 Å². The van der Waals surface area contributed by atoms with Crippen LogP contribution < -0.4 is 15.2 Å². The molecule has 0 saturated carbocycles. The topological polar surface area (TPSA) is 162 Å². The van der Waals surface area contributed by atoms with E-state index in [-0.39, 0.29) is 41.7 Å². The van der Waals surface area contributed by atoms with Crippen LogP contribution >= 0.6 is 0 Å². The summed E-state index contributed by atoms with van der Waals surface area (Å²) in [7, 11) is 0. The summed E-state index contributed by atoms with van der Waals surface area (Å²) in [5, 5.41) is 4.13. The number of carbonyl (C=O) groups excluding carboxylic acids is 4. The van der Waals surface area contributed by atoms with E-state index in [1.165, 1.54) is 30.3 Å². The van der Waals surface area contributed by atoms with E-state index < -0.39 is 77.2 Å². The van der Waals surface area contributed by atoms with Gasteiger partial charge in [-0.05, 0) is 71.3 Å². The Kier molecular flexibility index (Phi) is 18.1. The van der Waals surface area contributed by atoms with Crippen molar-refractivity contribution in [2.24, 2.45) is 5.73 Å². The normalized spacial score (nSPS) is 11.0. The van der Waals surface area contributed by atoms with Crippen LogP contribution in [0.25, 0.3) is 16.9 Å². The molecule has 7 aromatic rings. The number of carbonyl (C=O) groups is 4. The van der Waals surface area contributed by atoms with E-state index in [1.807, 2.05) is 0 Å². The first-order valence-electron chi connectivity index (χ1n) is 19.9. The highest BCUT2D eigenvalue weighted by Gasteiger charge is 2.33. The zero-order valence-corrected chi connectivity index (χ0v) is 35.6. The summed E-state index contributed by atoms with van der Waals surface area (Å²) in [6, 6.07) is 29.1. The molecule has 2 heterocycles. The van der Waals surface area contributed by atoms with Crippen molar-refractivity contribution in [3.8, 4) is 28.4 Å². The predicted octanol–water partition coefficient (Wildman–Crippen LogP) is 10.4. The fraction of sp³-hybridized carbons (Fsp3) is 0.125. The molecule has 0 bridgehead atoms. The van der Waals surface area contributed by atoms with Gasteiger partial charge in [-0.2, -0.15) is 5.10 Å². The van der Waals surface area contributed by atoms with Crippen LogP contribution in [0.5, 0.6) is 11.5 Å². The van der Waals surface area contributed by atoms with Gasteiger partial charge in [0.15, 0.2) is 11.5 Å². The molecule has 0 spiro atoms. The minimum atomic E-state index is -5.08. The van der Waals surface area contributed by atoms with Crippen molar-refractivity contribution in [1.82, 2.24) is 14.8 Å². The molecular weight excluding hydrogens is 951 g/mol. The van der Waals surface area contributed by atoms with Crippen molar-refractivity contribution < 1.29 is 82.0 Å². The maximum absolute atomic E-state index is 14.1. The van der Waals surface area contributed by atoms with Crippen molar-refractivity contribution in [2.45, 2.75) is 38.9 Å². The van der Waals surface area contributed by atoms with Crippen LogP contribution in [0.4, 0.5) is 43.9 Å². The number of nitrogens with two attached hydrogens (primary N) is 1. The first kappa shape index (κ1) is 52.6. The first-order valence-corrected chi connectivity index (χ1v) is 19.9. The number of ketones is 2. The van der Waals surface area contributed by atoms with Crippen LogP contribution in [-0.2, 0) is 38.8 Å². The summed E-state index contributed by atoms with van der Waals surface area (Å²) in [4.78, 5) is 51.6. The molecule has 364 valence electrons. The van der Waals surface area contributed by atoms with Crippen molar-refractivity contribution in [1.29, 1.82) is 0 Å². The van der Waals surface area contributed by atoms with E-state index >= 15 is 0 Å². The molecule has 7 rings (SSSR count). The number of hydrogen-bond acceptors (Lipinski definition) is 11. The monoisotopic (exact) mass is 984 g/mol. The van der Waals surface area contributed by atoms with E-state index in [0.717, 1.165) is 40.2 Å². The van der Waals surface area contributed by atoms with Gasteiger partial charge in [0.25, 0.3) is 0 Å². The molecule has 0 unspecified atom stereocenters. The van der Waals surface area contributed by atoms with Crippen LogP contribution in [0.1, 0.15) is 44.0 Å². The molecule has 0 atom stereocenters. The quantitative estimate of drug-likeness (QED) is 0.0363. The lowest BCUT2D eigenvalue weighted by atomic mass is 10.1. The molecule has 0 aliphatic heterocycles. The summed E-state index contributed by atoms with van der Waals surface area (Å²) >= 11 is 0. The standard InChI is InChI=1S/C24H15F5N2O3.C18H12F4O5.C6H7FN2/c25-17-7-4-8-19(11-17)31-22(16-9-18(26)12-20(10-16)34-24(27,28)29)13-21(30-31)23(32)33-14-15-5-2-1-3-6-15;19-13-6-12(7-14(8-13)27-18(20,21)22)15(23)9-16(24)17(25)26-10-11-4-2-1-3-5-11;7-6-1-5(2-8)3-9-4-6/h1-13H,14H2;1-8H,9-10H2;1,3-4H,2,8H2. The molecule has 70 heavy (non-hydrogen) atoms. The van der Waals surface area contributed by atoms with Crippen LogP contribution in [0.3, 0.4) is 0 Å². The molecule has 0 fully saturated rings. The summed E-state index contributed by atoms with van der Waals surface area (Å²) < 4.78 is 147. The lowest BCUT2D eigenvalue weighted by molar-refractivity contribution is -0.275. The Morgan fingerprint density at radius 2 is 1.16 bits per heavy atom. The smallest absolute Gasteiger partial charge is 0.456 e. The Hall–Kier alpha value is -8.40. The van der Waals surface area contributed by atoms with Gasteiger partial charge in [-0.25, -0.2) is 31.8 Å². The number of pyridine rings is 1. The van der Waals surface area contributed by atoms with Crippen molar-refractivity contribution in [3.05, 3.63) is 197 Å². The molecule has 0 radical (unpaired) electrons. The van der Waals surface area contributed by atoms with Gasteiger partial charge in [-0.15, -0.1) is 26.3 Å². The molecule has 2 N–H and O–H groups in total. The lowest BCUT2D eigenvalue weighted by Gasteiger charge is -2.12. The van der Waals surface area contributed by atoms with Gasteiger partial charge in [-0.1, -0.05) is 66.7 Å². The summed E-state index contributed by atoms with van der Waals surface area (Å²) in [6.45, 7) is 0.0965. The number of ether oxygens (including phenoxy) is 4. The van der Waals surface area contributed by atoms with Crippen LogP contribution in [0, 0.1) is 23.3 Å². The Bertz CT molecular complexity index is 2920.